The molecule has 3 nitrogen and oxygen atoms in total. The van der Waals surface area contributed by atoms with E-state index in [0.29, 0.717) is 6.04 Å². The van der Waals surface area contributed by atoms with Gasteiger partial charge < -0.3 is 9.80 Å². The Morgan fingerprint density at radius 2 is 1.96 bits per heavy atom. The first-order valence-corrected chi connectivity index (χ1v) is 10.1. The lowest BCUT2D eigenvalue weighted by Gasteiger charge is -2.47. The Hall–Kier alpha value is -2.55. The summed E-state index contributed by atoms with van der Waals surface area (Å²) in [6, 6.07) is 9.20. The number of nitrogens with zero attached hydrogens (tertiary/aromatic N) is 2. The Labute approximate surface area is 161 Å². The van der Waals surface area contributed by atoms with Crippen LogP contribution in [0.15, 0.2) is 71.1 Å². The fraction of sp³-hybridized carbons (Fsp3) is 0.375. The average Bonchev–Trinajstić information content (AvgIpc) is 2.90. The highest BCUT2D eigenvalue weighted by molar-refractivity contribution is 6.02. The van der Waals surface area contributed by atoms with Gasteiger partial charge in [0.25, 0.3) is 0 Å². The van der Waals surface area contributed by atoms with E-state index >= 15 is 0 Å². The lowest BCUT2D eigenvalue weighted by Crippen LogP contribution is -2.47. The summed E-state index contributed by atoms with van der Waals surface area (Å²) >= 11 is 0. The van der Waals surface area contributed by atoms with Crippen LogP contribution in [0.2, 0.25) is 0 Å². The molecule has 5 rings (SSSR count). The van der Waals surface area contributed by atoms with Crippen molar-refractivity contribution in [1.82, 2.24) is 4.90 Å². The maximum atomic E-state index is 12.0. The van der Waals surface area contributed by atoms with Crippen molar-refractivity contribution in [2.24, 2.45) is 0 Å². The van der Waals surface area contributed by atoms with Gasteiger partial charge in [-0.05, 0) is 53.8 Å². The van der Waals surface area contributed by atoms with E-state index in [4.69, 9.17) is 0 Å². The molecule has 0 saturated carbocycles. The number of allylic oxidation sites excluding steroid dienone is 4. The number of carbonyl (C=O) groups excluding carboxylic acids is 1. The maximum Gasteiger partial charge on any atom is 0.180 e. The molecule has 3 aliphatic heterocycles. The normalized spacial score (nSPS) is 24.9. The molecule has 0 spiro atoms. The molecule has 1 aromatic carbocycles. The van der Waals surface area contributed by atoms with Gasteiger partial charge in [0.2, 0.25) is 0 Å². The molecule has 1 aliphatic carbocycles. The van der Waals surface area contributed by atoms with Gasteiger partial charge in [0.1, 0.15) is 0 Å². The highest BCUT2D eigenvalue weighted by Gasteiger charge is 2.47. The molecule has 3 heteroatoms. The number of fused-ring (bicyclic) bond motifs is 5. The summed E-state index contributed by atoms with van der Waals surface area (Å²) in [6.45, 7) is 8.94. The molecule has 1 atom stereocenters. The second kappa shape index (κ2) is 5.72. The van der Waals surface area contributed by atoms with Crippen molar-refractivity contribution >= 4 is 11.5 Å². The van der Waals surface area contributed by atoms with Gasteiger partial charge in [-0.2, -0.15) is 0 Å². The monoisotopic (exact) mass is 358 g/mol. The van der Waals surface area contributed by atoms with Gasteiger partial charge in [0.05, 0.1) is 6.04 Å². The number of hydrogen-bond acceptors (Lipinski definition) is 3. The van der Waals surface area contributed by atoms with E-state index in [2.05, 4.69) is 60.9 Å². The summed E-state index contributed by atoms with van der Waals surface area (Å²) < 4.78 is 0. The van der Waals surface area contributed by atoms with Gasteiger partial charge in [0, 0.05) is 41.7 Å². The van der Waals surface area contributed by atoms with E-state index in [1.807, 2.05) is 12.2 Å². The van der Waals surface area contributed by atoms with Gasteiger partial charge in [-0.25, -0.2) is 0 Å². The van der Waals surface area contributed by atoms with Gasteiger partial charge in [-0.15, -0.1) is 0 Å². The Morgan fingerprint density at radius 3 is 2.78 bits per heavy atom. The molecule has 27 heavy (non-hydrogen) atoms. The minimum Gasteiger partial charge on any atom is -0.364 e. The fourth-order valence-corrected chi connectivity index (χ4v) is 5.37. The quantitative estimate of drug-likeness (QED) is 0.778. The Balaban J connectivity index is 1.74. The number of rotatable bonds is 2. The molecule has 138 valence electrons. The summed E-state index contributed by atoms with van der Waals surface area (Å²) in [6.07, 6.45) is 10.0. The standard InChI is InChI=1S/C24H26N2O/c1-4-12-25-20-11-13-26-21-8-6-5-7-19(21)24(2,3)23(26)18(20)14-16-9-10-17(27)15-22(16)25/h5-10,14-15,20H,4,11-13H2,1-3H3. The van der Waals surface area contributed by atoms with Gasteiger partial charge >= 0.3 is 0 Å². The summed E-state index contributed by atoms with van der Waals surface area (Å²) in [7, 11) is 0. The molecule has 0 amide bonds. The molecule has 0 fully saturated rings. The van der Waals surface area contributed by atoms with Crippen molar-refractivity contribution in [2.45, 2.75) is 45.1 Å². The fourth-order valence-electron chi connectivity index (χ4n) is 5.37. The first-order chi connectivity index (χ1) is 13.0. The van der Waals surface area contributed by atoms with Crippen LogP contribution in [-0.2, 0) is 10.2 Å². The zero-order valence-corrected chi connectivity index (χ0v) is 16.3. The Bertz CT molecular complexity index is 960. The minimum atomic E-state index is -0.00500. The molecule has 0 N–H and O–H groups in total. The first-order valence-electron chi connectivity index (χ1n) is 10.1. The average molecular weight is 358 g/mol. The Kier molecular flexibility index (Phi) is 3.52. The van der Waals surface area contributed by atoms with Crippen LogP contribution < -0.4 is 4.90 Å². The largest absolute Gasteiger partial charge is 0.364 e. The van der Waals surface area contributed by atoms with Crippen molar-refractivity contribution in [1.29, 1.82) is 0 Å². The predicted octanol–water partition coefficient (Wildman–Crippen LogP) is 4.49. The molecule has 0 saturated heterocycles. The molecule has 0 aromatic heterocycles. The molecule has 1 unspecified atom stereocenters. The number of hydrogen-bond donors (Lipinski definition) is 0. The van der Waals surface area contributed by atoms with Crippen molar-refractivity contribution in [2.75, 3.05) is 18.0 Å². The van der Waals surface area contributed by atoms with E-state index in [9.17, 15) is 4.79 Å². The second-order valence-corrected chi connectivity index (χ2v) is 8.46. The highest BCUT2D eigenvalue weighted by Crippen LogP contribution is 2.53. The summed E-state index contributed by atoms with van der Waals surface area (Å²) in [5.41, 5.74) is 7.94. The van der Waals surface area contributed by atoms with Crippen LogP contribution in [0.1, 0.15) is 39.2 Å². The van der Waals surface area contributed by atoms with E-state index in [0.717, 1.165) is 31.6 Å². The Morgan fingerprint density at radius 1 is 1.15 bits per heavy atom. The summed E-state index contributed by atoms with van der Waals surface area (Å²) in [5, 5.41) is 0. The third kappa shape index (κ3) is 2.24. The van der Waals surface area contributed by atoms with E-state index in [-0.39, 0.29) is 11.2 Å². The third-order valence-electron chi connectivity index (χ3n) is 6.45. The zero-order valence-electron chi connectivity index (χ0n) is 16.3. The van der Waals surface area contributed by atoms with Gasteiger partial charge in [0.15, 0.2) is 5.78 Å². The molecular formula is C24H26N2O. The number of para-hydroxylation sites is 1. The van der Waals surface area contributed by atoms with Crippen LogP contribution in [-0.4, -0.2) is 29.8 Å². The third-order valence-corrected chi connectivity index (χ3v) is 6.45. The van der Waals surface area contributed by atoms with Crippen LogP contribution in [0.4, 0.5) is 5.69 Å². The molecule has 1 aromatic rings. The van der Waals surface area contributed by atoms with E-state index in [1.165, 1.54) is 28.1 Å². The van der Waals surface area contributed by atoms with Crippen LogP contribution in [0, 0.1) is 0 Å². The number of carbonyl (C=O) groups is 1. The van der Waals surface area contributed by atoms with Crippen LogP contribution in [0.3, 0.4) is 0 Å². The zero-order chi connectivity index (χ0) is 18.8. The topological polar surface area (TPSA) is 23.6 Å². The van der Waals surface area contributed by atoms with Crippen LogP contribution in [0.25, 0.3) is 0 Å². The van der Waals surface area contributed by atoms with Gasteiger partial charge in [-0.1, -0.05) is 39.0 Å². The number of benzene rings is 1. The van der Waals surface area contributed by atoms with Crippen molar-refractivity contribution in [3.63, 3.8) is 0 Å². The van der Waals surface area contributed by atoms with Crippen molar-refractivity contribution in [3.05, 3.63) is 76.7 Å². The minimum absolute atomic E-state index is 0.00500. The first kappa shape index (κ1) is 16.6. The van der Waals surface area contributed by atoms with Crippen LogP contribution in [0.5, 0.6) is 0 Å². The van der Waals surface area contributed by atoms with Crippen LogP contribution >= 0.6 is 0 Å². The molecule has 3 heterocycles. The number of anilines is 1. The smallest absolute Gasteiger partial charge is 0.180 e. The second-order valence-electron chi connectivity index (χ2n) is 8.46. The lowest BCUT2D eigenvalue weighted by atomic mass is 9.77. The maximum absolute atomic E-state index is 12.0. The highest BCUT2D eigenvalue weighted by atomic mass is 16.1. The molecular weight excluding hydrogens is 332 g/mol. The van der Waals surface area contributed by atoms with Crippen molar-refractivity contribution in [3.8, 4) is 0 Å². The van der Waals surface area contributed by atoms with E-state index in [1.54, 1.807) is 6.08 Å². The molecule has 0 bridgehead atoms. The summed E-state index contributed by atoms with van der Waals surface area (Å²) in [4.78, 5) is 17.0. The molecule has 4 aliphatic rings. The van der Waals surface area contributed by atoms with Crippen molar-refractivity contribution < 1.29 is 4.79 Å². The van der Waals surface area contributed by atoms with Gasteiger partial charge in [-0.3, -0.25) is 4.79 Å². The molecule has 0 radical (unpaired) electrons. The van der Waals surface area contributed by atoms with E-state index < -0.39 is 0 Å². The summed E-state index contributed by atoms with van der Waals surface area (Å²) in [5.74, 6) is 0.102. The number of ketones is 1. The lowest BCUT2D eigenvalue weighted by molar-refractivity contribution is -0.110. The SMILES string of the molecule is CCCN1C2=CC(=O)C=CC2=CC2=C3N(CCC21)c1ccccc1C3(C)C. The predicted molar refractivity (Wildman–Crippen MR) is 110 cm³/mol.